The predicted octanol–water partition coefficient (Wildman–Crippen LogP) is 2.88. The molecule has 84 valence electrons. The Labute approximate surface area is 102 Å². The lowest BCUT2D eigenvalue weighted by Crippen LogP contribution is -1.92. The van der Waals surface area contributed by atoms with Crippen molar-refractivity contribution in [2.45, 2.75) is 0 Å². The summed E-state index contributed by atoms with van der Waals surface area (Å²) in [5.41, 5.74) is 0.825. The van der Waals surface area contributed by atoms with Gasteiger partial charge < -0.3 is 9.47 Å². The quantitative estimate of drug-likeness (QED) is 0.847. The van der Waals surface area contributed by atoms with Crippen molar-refractivity contribution in [1.82, 2.24) is 9.36 Å². The number of para-hydroxylation sites is 1. The van der Waals surface area contributed by atoms with E-state index in [4.69, 9.17) is 21.1 Å². The van der Waals surface area contributed by atoms with Crippen molar-refractivity contribution in [1.29, 1.82) is 0 Å². The monoisotopic (exact) mass is 256 g/mol. The van der Waals surface area contributed by atoms with Crippen LogP contribution in [0.4, 0.5) is 0 Å². The fraction of sp³-hybridized carbons (Fsp3) is 0.200. The maximum absolute atomic E-state index is 5.70. The molecule has 0 saturated heterocycles. The van der Waals surface area contributed by atoms with Crippen molar-refractivity contribution >= 4 is 23.1 Å². The molecular weight excluding hydrogens is 248 g/mol. The van der Waals surface area contributed by atoms with Crippen LogP contribution in [-0.2, 0) is 0 Å². The van der Waals surface area contributed by atoms with Crippen LogP contribution in [0.1, 0.15) is 0 Å². The third kappa shape index (κ3) is 1.96. The average molecular weight is 257 g/mol. The molecule has 0 aliphatic heterocycles. The smallest absolute Gasteiger partial charge is 0.234 e. The predicted molar refractivity (Wildman–Crippen MR) is 63.5 cm³/mol. The summed E-state index contributed by atoms with van der Waals surface area (Å²) in [4.78, 5) is 4.10. The maximum atomic E-state index is 5.70. The Hall–Kier alpha value is -1.33. The van der Waals surface area contributed by atoms with Gasteiger partial charge in [0.2, 0.25) is 5.28 Å². The molecule has 4 nitrogen and oxygen atoms in total. The Balaban J connectivity index is 2.56. The van der Waals surface area contributed by atoms with E-state index in [1.165, 1.54) is 11.5 Å². The van der Waals surface area contributed by atoms with E-state index in [1.54, 1.807) is 14.2 Å². The van der Waals surface area contributed by atoms with Gasteiger partial charge in [0.25, 0.3) is 0 Å². The van der Waals surface area contributed by atoms with Gasteiger partial charge in [0.15, 0.2) is 11.5 Å². The highest BCUT2D eigenvalue weighted by Gasteiger charge is 2.14. The Morgan fingerprint density at radius 3 is 2.62 bits per heavy atom. The number of benzene rings is 1. The van der Waals surface area contributed by atoms with Crippen molar-refractivity contribution in [3.05, 3.63) is 23.5 Å². The molecule has 2 aromatic rings. The lowest BCUT2D eigenvalue weighted by Gasteiger charge is -2.10. The third-order valence-corrected chi connectivity index (χ3v) is 3.05. The SMILES string of the molecule is COc1cccc(-c2nc(Cl)ns2)c1OC. The molecule has 0 saturated carbocycles. The second-order valence-electron chi connectivity index (χ2n) is 2.91. The minimum absolute atomic E-state index is 0.241. The Morgan fingerprint density at radius 2 is 2.06 bits per heavy atom. The zero-order valence-electron chi connectivity index (χ0n) is 8.73. The molecule has 0 fully saturated rings. The molecule has 0 bridgehead atoms. The van der Waals surface area contributed by atoms with Crippen LogP contribution in [0.2, 0.25) is 5.28 Å². The van der Waals surface area contributed by atoms with Crippen molar-refractivity contribution in [3.63, 3.8) is 0 Å². The van der Waals surface area contributed by atoms with Gasteiger partial charge in [0.05, 0.1) is 19.8 Å². The van der Waals surface area contributed by atoms with Gasteiger partial charge in [-0.2, -0.15) is 4.37 Å². The number of hydrogen-bond acceptors (Lipinski definition) is 5. The molecule has 0 N–H and O–H groups in total. The third-order valence-electron chi connectivity index (χ3n) is 2.03. The average Bonchev–Trinajstić information content (AvgIpc) is 2.74. The summed E-state index contributed by atoms with van der Waals surface area (Å²) in [7, 11) is 3.18. The molecule has 16 heavy (non-hydrogen) atoms. The van der Waals surface area contributed by atoms with Crippen LogP contribution in [0.15, 0.2) is 18.2 Å². The van der Waals surface area contributed by atoms with Crippen LogP contribution >= 0.6 is 23.1 Å². The van der Waals surface area contributed by atoms with E-state index in [9.17, 15) is 0 Å². The number of rotatable bonds is 3. The second-order valence-corrected chi connectivity index (χ2v) is 4.00. The Kier molecular flexibility index (Phi) is 3.26. The fourth-order valence-electron chi connectivity index (χ4n) is 1.37. The van der Waals surface area contributed by atoms with Gasteiger partial charge in [0.1, 0.15) is 5.01 Å². The number of ether oxygens (including phenoxy) is 2. The molecular formula is C10H9ClN2O2S. The highest BCUT2D eigenvalue weighted by atomic mass is 35.5. The zero-order chi connectivity index (χ0) is 11.5. The topological polar surface area (TPSA) is 44.2 Å². The van der Waals surface area contributed by atoms with Crippen LogP contribution in [0.3, 0.4) is 0 Å². The van der Waals surface area contributed by atoms with E-state index in [0.717, 1.165) is 5.56 Å². The number of nitrogens with zero attached hydrogens (tertiary/aromatic N) is 2. The number of hydrogen-bond donors (Lipinski definition) is 0. The second kappa shape index (κ2) is 4.67. The van der Waals surface area contributed by atoms with E-state index in [2.05, 4.69) is 9.36 Å². The Morgan fingerprint density at radius 1 is 1.25 bits per heavy atom. The first kappa shape index (κ1) is 11.2. The summed E-state index contributed by atoms with van der Waals surface area (Å²) in [5.74, 6) is 1.30. The normalized spacial score (nSPS) is 10.2. The van der Waals surface area contributed by atoms with E-state index in [0.29, 0.717) is 16.5 Å². The maximum Gasteiger partial charge on any atom is 0.234 e. The highest BCUT2D eigenvalue weighted by Crippen LogP contribution is 2.38. The van der Waals surface area contributed by atoms with Crippen molar-refractivity contribution < 1.29 is 9.47 Å². The molecule has 0 radical (unpaired) electrons. The zero-order valence-corrected chi connectivity index (χ0v) is 10.3. The first-order valence-corrected chi connectivity index (χ1v) is 5.62. The Bertz CT molecular complexity index is 501. The largest absolute Gasteiger partial charge is 0.493 e. The molecule has 0 aliphatic rings. The molecule has 0 atom stereocenters. The molecule has 1 aromatic carbocycles. The lowest BCUT2D eigenvalue weighted by molar-refractivity contribution is 0.356. The van der Waals surface area contributed by atoms with Gasteiger partial charge in [-0.15, -0.1) is 0 Å². The van der Waals surface area contributed by atoms with Gasteiger partial charge in [0, 0.05) is 0 Å². The summed E-state index contributed by atoms with van der Waals surface area (Å²) in [6.45, 7) is 0. The number of aromatic nitrogens is 2. The van der Waals surface area contributed by atoms with Crippen LogP contribution in [0, 0.1) is 0 Å². The van der Waals surface area contributed by atoms with Gasteiger partial charge >= 0.3 is 0 Å². The van der Waals surface area contributed by atoms with E-state index in [1.807, 2.05) is 18.2 Å². The fourth-order valence-corrected chi connectivity index (χ4v) is 2.20. The van der Waals surface area contributed by atoms with Crippen LogP contribution in [0.5, 0.6) is 11.5 Å². The summed E-state index contributed by atoms with van der Waals surface area (Å²) < 4.78 is 14.4. The van der Waals surface area contributed by atoms with Gasteiger partial charge in [-0.1, -0.05) is 6.07 Å². The molecule has 2 rings (SSSR count). The van der Waals surface area contributed by atoms with E-state index < -0.39 is 0 Å². The molecule has 0 amide bonds. The molecule has 0 spiro atoms. The molecule has 1 heterocycles. The van der Waals surface area contributed by atoms with E-state index in [-0.39, 0.29) is 5.28 Å². The summed E-state index contributed by atoms with van der Waals surface area (Å²) in [5, 5.41) is 0.950. The number of halogens is 1. The lowest BCUT2D eigenvalue weighted by atomic mass is 10.2. The van der Waals surface area contributed by atoms with E-state index >= 15 is 0 Å². The molecule has 0 unspecified atom stereocenters. The van der Waals surface area contributed by atoms with Crippen LogP contribution < -0.4 is 9.47 Å². The van der Waals surface area contributed by atoms with Crippen LogP contribution in [-0.4, -0.2) is 23.6 Å². The first-order chi connectivity index (χ1) is 7.76. The summed E-state index contributed by atoms with van der Waals surface area (Å²) in [6, 6.07) is 5.58. The van der Waals surface area contributed by atoms with Gasteiger partial charge in [-0.05, 0) is 35.3 Å². The van der Waals surface area contributed by atoms with Gasteiger partial charge in [-0.25, -0.2) is 4.98 Å². The van der Waals surface area contributed by atoms with Gasteiger partial charge in [-0.3, -0.25) is 0 Å². The summed E-state index contributed by atoms with van der Waals surface area (Å²) in [6.07, 6.45) is 0. The highest BCUT2D eigenvalue weighted by molar-refractivity contribution is 7.09. The molecule has 0 aliphatic carbocycles. The number of methoxy groups -OCH3 is 2. The van der Waals surface area contributed by atoms with Crippen molar-refractivity contribution in [2.75, 3.05) is 14.2 Å². The summed E-state index contributed by atoms with van der Waals surface area (Å²) >= 11 is 6.92. The van der Waals surface area contributed by atoms with Crippen molar-refractivity contribution in [2.24, 2.45) is 0 Å². The molecule has 1 aromatic heterocycles. The minimum Gasteiger partial charge on any atom is -0.493 e. The van der Waals surface area contributed by atoms with Crippen LogP contribution in [0.25, 0.3) is 10.6 Å². The molecule has 6 heteroatoms. The minimum atomic E-state index is 0.241. The standard InChI is InChI=1S/C10H9ClN2O2S/c1-14-7-5-3-4-6(8(7)15-2)9-12-10(11)13-16-9/h3-5H,1-2H3. The first-order valence-electron chi connectivity index (χ1n) is 4.47. The van der Waals surface area contributed by atoms with Crippen molar-refractivity contribution in [3.8, 4) is 22.1 Å².